The molecule has 0 saturated carbocycles. The highest BCUT2D eigenvalue weighted by Crippen LogP contribution is 2.36. The summed E-state index contributed by atoms with van der Waals surface area (Å²) in [4.78, 5) is 29.6. The van der Waals surface area contributed by atoms with Gasteiger partial charge in [-0.25, -0.2) is 4.79 Å². The fourth-order valence-electron chi connectivity index (χ4n) is 2.92. The topological polar surface area (TPSA) is 97.6 Å². The van der Waals surface area contributed by atoms with E-state index in [2.05, 4.69) is 26.2 Å². The second-order valence-corrected chi connectivity index (χ2v) is 6.41. The van der Waals surface area contributed by atoms with Gasteiger partial charge in [0.1, 0.15) is 5.56 Å². The molecule has 1 aromatic heterocycles. The van der Waals surface area contributed by atoms with Gasteiger partial charge in [-0.3, -0.25) is 15.1 Å². The molecule has 25 heavy (non-hydrogen) atoms. The summed E-state index contributed by atoms with van der Waals surface area (Å²) >= 11 is 3.35. The van der Waals surface area contributed by atoms with Gasteiger partial charge < -0.3 is 15.0 Å². The maximum atomic E-state index is 12.4. The normalized spacial score (nSPS) is 14.6. The van der Waals surface area contributed by atoms with Crippen molar-refractivity contribution in [2.45, 2.75) is 6.92 Å². The number of non-ortho nitro benzene ring substituents is 1. The number of hydrogen-bond acceptors (Lipinski definition) is 7. The van der Waals surface area contributed by atoms with Crippen molar-refractivity contribution in [2.75, 3.05) is 37.7 Å². The average Bonchev–Trinajstić information content (AvgIpc) is 2.61. The standard InChI is InChI=1S/C16H17BrN4O4/c1-2-25-16(22)12-9-19-14-11(7-10(21(23)24)8-13(14)17)15(12)20-5-3-18-4-6-20/h7-9,18H,2-6H2,1H3. The molecule has 2 aromatic rings. The predicted molar refractivity (Wildman–Crippen MR) is 97.1 cm³/mol. The zero-order valence-corrected chi connectivity index (χ0v) is 15.2. The van der Waals surface area contributed by atoms with Crippen LogP contribution in [-0.4, -0.2) is 48.7 Å². The van der Waals surface area contributed by atoms with E-state index in [9.17, 15) is 14.9 Å². The van der Waals surface area contributed by atoms with Crippen LogP contribution in [0.5, 0.6) is 0 Å². The van der Waals surface area contributed by atoms with Gasteiger partial charge in [-0.2, -0.15) is 0 Å². The van der Waals surface area contributed by atoms with Crippen molar-refractivity contribution in [1.82, 2.24) is 10.3 Å². The second kappa shape index (κ2) is 7.32. The van der Waals surface area contributed by atoms with Crippen LogP contribution in [0.15, 0.2) is 22.8 Å². The van der Waals surface area contributed by atoms with Crippen LogP contribution in [0.25, 0.3) is 10.9 Å². The van der Waals surface area contributed by atoms with Gasteiger partial charge in [-0.05, 0) is 22.9 Å². The number of halogens is 1. The highest BCUT2D eigenvalue weighted by atomic mass is 79.9. The molecule has 0 amide bonds. The lowest BCUT2D eigenvalue weighted by Gasteiger charge is -2.31. The first-order chi connectivity index (χ1) is 12.0. The fraction of sp³-hybridized carbons (Fsp3) is 0.375. The SMILES string of the molecule is CCOC(=O)c1cnc2c(Br)cc([N+](=O)[O-])cc2c1N1CCNCC1. The predicted octanol–water partition coefficient (Wildman–Crippen LogP) is 2.49. The molecule has 9 heteroatoms. The molecule has 1 aliphatic rings. The summed E-state index contributed by atoms with van der Waals surface area (Å²) in [5.74, 6) is -0.479. The number of esters is 1. The van der Waals surface area contributed by atoms with Crippen LogP contribution in [0, 0.1) is 10.1 Å². The summed E-state index contributed by atoms with van der Waals surface area (Å²) in [6, 6.07) is 2.88. The molecule has 1 fully saturated rings. The Morgan fingerprint density at radius 2 is 2.16 bits per heavy atom. The number of fused-ring (bicyclic) bond motifs is 1. The maximum absolute atomic E-state index is 12.4. The number of anilines is 1. The summed E-state index contributed by atoms with van der Waals surface area (Å²) in [6.45, 7) is 4.89. The van der Waals surface area contributed by atoms with Crippen LogP contribution in [0.1, 0.15) is 17.3 Å². The van der Waals surface area contributed by atoms with Gasteiger partial charge in [0.25, 0.3) is 5.69 Å². The van der Waals surface area contributed by atoms with Gasteiger partial charge in [0.15, 0.2) is 0 Å². The van der Waals surface area contributed by atoms with Crippen molar-refractivity contribution in [3.63, 3.8) is 0 Å². The Morgan fingerprint density at radius 3 is 2.80 bits per heavy atom. The molecule has 2 heterocycles. The molecule has 1 saturated heterocycles. The van der Waals surface area contributed by atoms with E-state index >= 15 is 0 Å². The molecule has 1 aromatic carbocycles. The fourth-order valence-corrected chi connectivity index (χ4v) is 3.48. The van der Waals surface area contributed by atoms with Crippen LogP contribution in [0.2, 0.25) is 0 Å². The molecule has 132 valence electrons. The zero-order chi connectivity index (χ0) is 18.0. The summed E-state index contributed by atoms with van der Waals surface area (Å²) in [6.07, 6.45) is 1.48. The van der Waals surface area contributed by atoms with E-state index in [-0.39, 0.29) is 12.3 Å². The molecule has 8 nitrogen and oxygen atoms in total. The Kier molecular flexibility index (Phi) is 5.14. The molecule has 1 aliphatic heterocycles. The molecule has 0 atom stereocenters. The molecular weight excluding hydrogens is 392 g/mol. The Morgan fingerprint density at radius 1 is 1.44 bits per heavy atom. The number of nitro groups is 1. The lowest BCUT2D eigenvalue weighted by atomic mass is 10.1. The lowest BCUT2D eigenvalue weighted by molar-refractivity contribution is -0.384. The number of hydrogen-bond donors (Lipinski definition) is 1. The Labute approximate surface area is 152 Å². The van der Waals surface area contributed by atoms with Crippen molar-refractivity contribution in [3.8, 4) is 0 Å². The van der Waals surface area contributed by atoms with Crippen LogP contribution in [0.3, 0.4) is 0 Å². The molecule has 0 aliphatic carbocycles. The van der Waals surface area contributed by atoms with E-state index in [1.807, 2.05) is 4.90 Å². The number of nitro benzene ring substituents is 1. The zero-order valence-electron chi connectivity index (χ0n) is 13.6. The van der Waals surface area contributed by atoms with Gasteiger partial charge >= 0.3 is 5.97 Å². The molecule has 1 N–H and O–H groups in total. The van der Waals surface area contributed by atoms with Gasteiger partial charge in [0, 0.05) is 49.9 Å². The first-order valence-electron chi connectivity index (χ1n) is 7.92. The maximum Gasteiger partial charge on any atom is 0.341 e. The van der Waals surface area contributed by atoms with Crippen molar-refractivity contribution >= 4 is 44.2 Å². The third kappa shape index (κ3) is 3.42. The second-order valence-electron chi connectivity index (χ2n) is 5.56. The van der Waals surface area contributed by atoms with Gasteiger partial charge in [-0.15, -0.1) is 0 Å². The third-order valence-corrected chi connectivity index (χ3v) is 4.63. The largest absolute Gasteiger partial charge is 0.462 e. The van der Waals surface area contributed by atoms with E-state index in [4.69, 9.17) is 4.74 Å². The summed E-state index contributed by atoms with van der Waals surface area (Å²) in [5.41, 5.74) is 1.48. The molecule has 3 rings (SSSR count). The van der Waals surface area contributed by atoms with Crippen molar-refractivity contribution in [1.29, 1.82) is 0 Å². The number of carbonyl (C=O) groups excluding carboxylic acids is 1. The number of ether oxygens (including phenoxy) is 1. The molecular formula is C16H17BrN4O4. The smallest absolute Gasteiger partial charge is 0.341 e. The van der Waals surface area contributed by atoms with Crippen LogP contribution >= 0.6 is 15.9 Å². The molecule has 0 bridgehead atoms. The number of aromatic nitrogens is 1. The number of pyridine rings is 1. The highest BCUT2D eigenvalue weighted by Gasteiger charge is 2.25. The van der Waals surface area contributed by atoms with Crippen molar-refractivity contribution < 1.29 is 14.5 Å². The van der Waals surface area contributed by atoms with E-state index in [0.717, 1.165) is 13.1 Å². The van der Waals surface area contributed by atoms with Crippen molar-refractivity contribution in [3.05, 3.63) is 38.5 Å². The Hall–Kier alpha value is -2.26. The minimum absolute atomic E-state index is 0.0569. The van der Waals surface area contributed by atoms with Gasteiger partial charge in [-0.1, -0.05) is 0 Å². The first kappa shape index (κ1) is 17.6. The monoisotopic (exact) mass is 408 g/mol. The molecule has 0 spiro atoms. The van der Waals surface area contributed by atoms with E-state index in [1.165, 1.54) is 18.3 Å². The van der Waals surface area contributed by atoms with Crippen LogP contribution < -0.4 is 10.2 Å². The van der Waals surface area contributed by atoms with Crippen LogP contribution in [-0.2, 0) is 4.74 Å². The Bertz CT molecular complexity index is 836. The van der Waals surface area contributed by atoms with E-state index < -0.39 is 10.9 Å². The quantitative estimate of drug-likeness (QED) is 0.471. The highest BCUT2D eigenvalue weighted by molar-refractivity contribution is 9.10. The average molecular weight is 409 g/mol. The van der Waals surface area contributed by atoms with E-state index in [0.29, 0.717) is 39.7 Å². The summed E-state index contributed by atoms with van der Waals surface area (Å²) < 4.78 is 5.67. The number of carbonyl (C=O) groups is 1. The van der Waals surface area contributed by atoms with Gasteiger partial charge in [0.2, 0.25) is 0 Å². The number of nitrogens with zero attached hydrogens (tertiary/aromatic N) is 3. The third-order valence-electron chi connectivity index (χ3n) is 4.02. The van der Waals surface area contributed by atoms with E-state index in [1.54, 1.807) is 6.92 Å². The Balaban J connectivity index is 2.27. The number of nitrogens with one attached hydrogen (secondary N) is 1. The molecule has 0 unspecified atom stereocenters. The number of benzene rings is 1. The molecule has 0 radical (unpaired) electrons. The summed E-state index contributed by atoms with van der Waals surface area (Å²) in [7, 11) is 0. The minimum Gasteiger partial charge on any atom is -0.462 e. The number of piperazine rings is 1. The lowest BCUT2D eigenvalue weighted by Crippen LogP contribution is -2.44. The van der Waals surface area contributed by atoms with Gasteiger partial charge in [0.05, 0.1) is 27.2 Å². The minimum atomic E-state index is -0.479. The van der Waals surface area contributed by atoms with Crippen molar-refractivity contribution in [2.24, 2.45) is 0 Å². The first-order valence-corrected chi connectivity index (χ1v) is 8.71. The summed E-state index contributed by atoms with van der Waals surface area (Å²) in [5, 5.41) is 15.1. The van der Waals surface area contributed by atoms with Crippen LogP contribution in [0.4, 0.5) is 11.4 Å². The number of rotatable bonds is 4.